The first kappa shape index (κ1) is 18.1. The van der Waals surface area contributed by atoms with Crippen LogP contribution in [-0.4, -0.2) is 16.7 Å². The van der Waals surface area contributed by atoms with Crippen LogP contribution in [0, 0.1) is 12.7 Å². The summed E-state index contributed by atoms with van der Waals surface area (Å²) in [6.45, 7) is 1.86. The van der Waals surface area contributed by atoms with Gasteiger partial charge in [0, 0.05) is 10.6 Å². The van der Waals surface area contributed by atoms with E-state index in [1.54, 1.807) is 18.2 Å². The van der Waals surface area contributed by atoms with Crippen LogP contribution >= 0.6 is 11.6 Å². The number of esters is 1. The van der Waals surface area contributed by atoms with Crippen LogP contribution in [0.1, 0.15) is 43.2 Å². The smallest absolute Gasteiger partial charge is 0.343 e. The highest BCUT2D eigenvalue weighted by molar-refractivity contribution is 6.34. The molecule has 1 heterocycles. The first-order valence-electron chi connectivity index (χ1n) is 9.15. The van der Waals surface area contributed by atoms with Gasteiger partial charge in [-0.05, 0) is 73.6 Å². The highest BCUT2D eigenvalue weighted by Crippen LogP contribution is 2.46. The lowest BCUT2D eigenvalue weighted by atomic mass is 9.82. The van der Waals surface area contributed by atoms with E-state index in [4.69, 9.17) is 16.3 Å². The van der Waals surface area contributed by atoms with Crippen molar-refractivity contribution in [3.8, 4) is 11.1 Å². The minimum Gasteiger partial charge on any atom is -0.507 e. The van der Waals surface area contributed by atoms with Gasteiger partial charge in [-0.1, -0.05) is 30.2 Å². The topological polar surface area (TPSA) is 46.5 Å². The summed E-state index contributed by atoms with van der Waals surface area (Å²) in [6.07, 6.45) is 4.23. The molecule has 0 aromatic heterocycles. The second-order valence-corrected chi connectivity index (χ2v) is 7.73. The zero-order valence-electron chi connectivity index (χ0n) is 15.0. The quantitative estimate of drug-likeness (QED) is 0.645. The third-order valence-electron chi connectivity index (χ3n) is 5.56. The molecule has 1 aliphatic carbocycles. The fourth-order valence-corrected chi connectivity index (χ4v) is 4.37. The molecule has 1 aliphatic heterocycles. The second-order valence-electron chi connectivity index (χ2n) is 7.32. The Morgan fingerprint density at radius 1 is 1.07 bits per heavy atom. The largest absolute Gasteiger partial charge is 0.507 e. The maximum atomic E-state index is 13.2. The zero-order chi connectivity index (χ0) is 19.2. The maximum Gasteiger partial charge on any atom is 0.343 e. The molecule has 0 saturated heterocycles. The number of ether oxygens (including phenoxy) is 1. The zero-order valence-corrected chi connectivity index (χ0v) is 15.8. The van der Waals surface area contributed by atoms with Gasteiger partial charge in [-0.15, -0.1) is 0 Å². The van der Waals surface area contributed by atoms with Gasteiger partial charge in [-0.2, -0.15) is 0 Å². The summed E-state index contributed by atoms with van der Waals surface area (Å²) in [5.41, 5.74) is 2.24. The van der Waals surface area contributed by atoms with Crippen molar-refractivity contribution in [1.29, 1.82) is 0 Å². The van der Waals surface area contributed by atoms with E-state index in [9.17, 15) is 14.3 Å². The molecule has 2 aromatic carbocycles. The summed E-state index contributed by atoms with van der Waals surface area (Å²) < 4.78 is 18.8. The molecule has 1 fully saturated rings. The van der Waals surface area contributed by atoms with Crippen molar-refractivity contribution in [3.63, 3.8) is 0 Å². The van der Waals surface area contributed by atoms with Crippen molar-refractivity contribution in [2.24, 2.45) is 0 Å². The van der Waals surface area contributed by atoms with Gasteiger partial charge in [0.1, 0.15) is 11.4 Å². The summed E-state index contributed by atoms with van der Waals surface area (Å²) in [6, 6.07) is 9.62. The fraction of sp³-hybridized carbons (Fsp3) is 0.318. The van der Waals surface area contributed by atoms with Crippen LogP contribution in [0.5, 0.6) is 0 Å². The monoisotopic (exact) mass is 386 g/mol. The SMILES string of the molecule is Cc1cc(-c2ccc(F)cc2)c(Cl)cc1C1=C(O)C2(CCCCC2)OC1=O. The number of aliphatic hydroxyl groups excluding tert-OH is 1. The van der Waals surface area contributed by atoms with Crippen LogP contribution < -0.4 is 0 Å². The van der Waals surface area contributed by atoms with Crippen LogP contribution in [0.4, 0.5) is 4.39 Å². The van der Waals surface area contributed by atoms with E-state index in [1.807, 2.05) is 13.0 Å². The average molecular weight is 387 g/mol. The number of hydrogen-bond acceptors (Lipinski definition) is 3. The molecule has 0 bridgehead atoms. The molecule has 2 aliphatic rings. The Hall–Kier alpha value is -2.33. The first-order chi connectivity index (χ1) is 12.9. The molecule has 27 heavy (non-hydrogen) atoms. The Morgan fingerprint density at radius 3 is 2.41 bits per heavy atom. The third-order valence-corrected chi connectivity index (χ3v) is 5.87. The molecular weight excluding hydrogens is 367 g/mol. The van der Waals surface area contributed by atoms with Crippen LogP contribution in [0.15, 0.2) is 42.2 Å². The lowest BCUT2D eigenvalue weighted by molar-refractivity contribution is -0.149. The lowest BCUT2D eigenvalue weighted by Crippen LogP contribution is -2.34. The van der Waals surface area contributed by atoms with Crippen LogP contribution in [-0.2, 0) is 9.53 Å². The normalized spacial score (nSPS) is 18.9. The highest BCUT2D eigenvalue weighted by Gasteiger charge is 2.49. The van der Waals surface area contributed by atoms with E-state index in [0.29, 0.717) is 23.4 Å². The summed E-state index contributed by atoms with van der Waals surface area (Å²) in [7, 11) is 0. The van der Waals surface area contributed by atoms with Crippen molar-refractivity contribution in [2.75, 3.05) is 0 Å². The third kappa shape index (κ3) is 3.02. The molecule has 1 saturated carbocycles. The Labute approximate surface area is 162 Å². The number of halogens is 2. The minimum absolute atomic E-state index is 0.0286. The molecule has 0 amide bonds. The number of hydrogen-bond donors (Lipinski definition) is 1. The Bertz CT molecular complexity index is 941. The van der Waals surface area contributed by atoms with Crippen molar-refractivity contribution >= 4 is 23.1 Å². The van der Waals surface area contributed by atoms with Crippen LogP contribution in [0.25, 0.3) is 16.7 Å². The molecule has 2 aromatic rings. The number of carbonyl (C=O) groups is 1. The predicted molar refractivity (Wildman–Crippen MR) is 103 cm³/mol. The molecule has 3 nitrogen and oxygen atoms in total. The summed E-state index contributed by atoms with van der Waals surface area (Å²) in [5, 5.41) is 11.3. The fourth-order valence-electron chi connectivity index (χ4n) is 4.10. The molecule has 0 unspecified atom stereocenters. The van der Waals surface area contributed by atoms with Crippen molar-refractivity contribution in [2.45, 2.75) is 44.6 Å². The minimum atomic E-state index is -0.876. The van der Waals surface area contributed by atoms with Gasteiger partial charge in [0.15, 0.2) is 11.4 Å². The van der Waals surface area contributed by atoms with Crippen molar-refractivity contribution in [1.82, 2.24) is 0 Å². The van der Waals surface area contributed by atoms with Gasteiger partial charge in [0.2, 0.25) is 0 Å². The number of benzene rings is 2. The van der Waals surface area contributed by atoms with E-state index in [0.717, 1.165) is 36.0 Å². The van der Waals surface area contributed by atoms with Gasteiger partial charge in [0.25, 0.3) is 0 Å². The van der Waals surface area contributed by atoms with Crippen molar-refractivity contribution < 1.29 is 19.0 Å². The Morgan fingerprint density at radius 2 is 1.74 bits per heavy atom. The van der Waals surface area contributed by atoms with E-state index in [-0.39, 0.29) is 17.1 Å². The number of aryl methyl sites for hydroxylation is 1. The Balaban J connectivity index is 1.79. The first-order valence-corrected chi connectivity index (χ1v) is 9.53. The number of rotatable bonds is 2. The lowest BCUT2D eigenvalue weighted by Gasteiger charge is -2.31. The van der Waals surface area contributed by atoms with Gasteiger partial charge in [0.05, 0.1) is 0 Å². The molecule has 0 atom stereocenters. The van der Waals surface area contributed by atoms with E-state index in [1.165, 1.54) is 12.1 Å². The molecule has 0 radical (unpaired) electrons. The second kappa shape index (κ2) is 6.68. The molecule has 1 N–H and O–H groups in total. The van der Waals surface area contributed by atoms with Crippen molar-refractivity contribution in [3.05, 3.63) is 64.1 Å². The van der Waals surface area contributed by atoms with E-state index >= 15 is 0 Å². The summed E-state index contributed by atoms with van der Waals surface area (Å²) >= 11 is 6.48. The average Bonchev–Trinajstić information content (AvgIpc) is 2.88. The van der Waals surface area contributed by atoms with Gasteiger partial charge in [-0.3, -0.25) is 0 Å². The molecule has 140 valence electrons. The van der Waals surface area contributed by atoms with Crippen LogP contribution in [0.2, 0.25) is 5.02 Å². The van der Waals surface area contributed by atoms with E-state index < -0.39 is 11.6 Å². The molecule has 5 heteroatoms. The number of aliphatic hydroxyl groups is 1. The predicted octanol–water partition coefficient (Wildman–Crippen LogP) is 5.98. The van der Waals surface area contributed by atoms with E-state index in [2.05, 4.69) is 0 Å². The van der Waals surface area contributed by atoms with Crippen LogP contribution in [0.3, 0.4) is 0 Å². The standard InChI is InChI=1S/C22H20ClFO3/c1-13-11-17(14-5-7-15(24)8-6-14)18(23)12-16(13)19-20(25)22(27-21(19)26)9-3-2-4-10-22/h5-8,11-12,25H,2-4,9-10H2,1H3. The highest BCUT2D eigenvalue weighted by atomic mass is 35.5. The number of carbonyl (C=O) groups excluding carboxylic acids is 1. The van der Waals surface area contributed by atoms with Gasteiger partial charge < -0.3 is 9.84 Å². The molecule has 4 rings (SSSR count). The molecular formula is C22H20ClFO3. The Kier molecular flexibility index (Phi) is 4.47. The summed E-state index contributed by atoms with van der Waals surface area (Å²) in [5.74, 6) is -0.784. The summed E-state index contributed by atoms with van der Waals surface area (Å²) in [4.78, 5) is 12.6. The molecule has 1 spiro atoms. The van der Waals surface area contributed by atoms with Gasteiger partial charge >= 0.3 is 5.97 Å². The maximum absolute atomic E-state index is 13.2. The van der Waals surface area contributed by atoms with Gasteiger partial charge in [-0.25, -0.2) is 9.18 Å².